The van der Waals surface area contributed by atoms with Crippen LogP contribution < -0.4 is 5.32 Å². The smallest absolute Gasteiger partial charge is 0.234 e. The zero-order valence-corrected chi connectivity index (χ0v) is 7.09. The molecule has 1 radical (unpaired) electrons. The second kappa shape index (κ2) is 6.12. The van der Waals surface area contributed by atoms with Gasteiger partial charge in [0.05, 0.1) is 13.2 Å². The van der Waals surface area contributed by atoms with Crippen LogP contribution in [0.15, 0.2) is 0 Å². The van der Waals surface area contributed by atoms with Crippen LogP contribution in [0.3, 0.4) is 0 Å². The summed E-state index contributed by atoms with van der Waals surface area (Å²) in [5.74, 6) is -0.0246. The molecule has 0 bridgehead atoms. The Balaban J connectivity index is 3.23. The van der Waals surface area contributed by atoms with Crippen LogP contribution in [0.1, 0.15) is 6.42 Å². The van der Waals surface area contributed by atoms with Crippen molar-refractivity contribution in [1.82, 2.24) is 10.2 Å². The van der Waals surface area contributed by atoms with Gasteiger partial charge in [-0.2, -0.15) is 0 Å². The molecular formula is C7H15N2O2. The van der Waals surface area contributed by atoms with Crippen molar-refractivity contribution >= 4 is 5.91 Å². The lowest BCUT2D eigenvalue weighted by atomic mass is 10.4. The van der Waals surface area contributed by atoms with Gasteiger partial charge in [-0.1, -0.05) is 0 Å². The van der Waals surface area contributed by atoms with E-state index in [1.54, 1.807) is 4.90 Å². The quantitative estimate of drug-likeness (QED) is 0.549. The van der Waals surface area contributed by atoms with Crippen molar-refractivity contribution in [2.45, 2.75) is 6.42 Å². The maximum atomic E-state index is 10.9. The topological polar surface area (TPSA) is 52.2 Å². The fourth-order valence-electron chi connectivity index (χ4n) is 0.643. The van der Waals surface area contributed by atoms with Gasteiger partial charge in [0.15, 0.2) is 0 Å². The highest BCUT2D eigenvalue weighted by Crippen LogP contribution is 1.76. The van der Waals surface area contributed by atoms with Gasteiger partial charge in [-0.15, -0.1) is 0 Å². The first-order valence-corrected chi connectivity index (χ1v) is 3.66. The van der Waals surface area contributed by atoms with Gasteiger partial charge in [-0.05, 0) is 20.5 Å². The zero-order chi connectivity index (χ0) is 8.69. The average molecular weight is 159 g/mol. The van der Waals surface area contributed by atoms with E-state index < -0.39 is 0 Å². The molecule has 0 aromatic rings. The lowest BCUT2D eigenvalue weighted by Crippen LogP contribution is -2.33. The Kier molecular flexibility index (Phi) is 5.78. The molecule has 0 unspecified atom stereocenters. The molecule has 0 aliphatic carbocycles. The number of amides is 1. The van der Waals surface area contributed by atoms with Gasteiger partial charge in [0.25, 0.3) is 0 Å². The Morgan fingerprint density at radius 3 is 2.55 bits per heavy atom. The molecule has 0 saturated carbocycles. The number of nitrogens with one attached hydrogen (secondary N) is 1. The van der Waals surface area contributed by atoms with Crippen molar-refractivity contribution in [1.29, 1.82) is 0 Å². The number of nitrogens with zero attached hydrogens (tertiary/aromatic N) is 1. The van der Waals surface area contributed by atoms with Gasteiger partial charge in [0, 0.05) is 6.54 Å². The molecule has 0 aromatic carbocycles. The van der Waals surface area contributed by atoms with Crippen LogP contribution in [0.5, 0.6) is 0 Å². The SMILES string of the molecule is CN(C)CC(=O)NCCC[O]. The predicted octanol–water partition coefficient (Wildman–Crippen LogP) is -0.515. The molecule has 65 valence electrons. The Bertz CT molecular complexity index is 115. The highest BCUT2D eigenvalue weighted by atomic mass is 16.3. The summed E-state index contributed by atoms with van der Waals surface area (Å²) in [6, 6.07) is 0. The Morgan fingerprint density at radius 2 is 2.09 bits per heavy atom. The highest BCUT2D eigenvalue weighted by molar-refractivity contribution is 5.77. The van der Waals surface area contributed by atoms with Gasteiger partial charge in [-0.25, -0.2) is 5.11 Å². The second-order valence-electron chi connectivity index (χ2n) is 2.65. The van der Waals surface area contributed by atoms with Crippen LogP contribution >= 0.6 is 0 Å². The minimum Gasteiger partial charge on any atom is -0.355 e. The van der Waals surface area contributed by atoms with Crippen molar-refractivity contribution in [2.24, 2.45) is 0 Å². The van der Waals surface area contributed by atoms with E-state index in [0.29, 0.717) is 19.5 Å². The van der Waals surface area contributed by atoms with E-state index in [4.69, 9.17) is 0 Å². The summed E-state index contributed by atoms with van der Waals surface area (Å²) in [6.45, 7) is 0.761. The minimum atomic E-state index is -0.123. The minimum absolute atomic E-state index is 0.0246. The fourth-order valence-corrected chi connectivity index (χ4v) is 0.643. The molecule has 0 atom stereocenters. The van der Waals surface area contributed by atoms with E-state index in [1.165, 1.54) is 0 Å². The van der Waals surface area contributed by atoms with Gasteiger partial charge < -0.3 is 10.2 Å². The summed E-state index contributed by atoms with van der Waals surface area (Å²) >= 11 is 0. The van der Waals surface area contributed by atoms with Crippen molar-refractivity contribution in [3.63, 3.8) is 0 Å². The summed E-state index contributed by atoms with van der Waals surface area (Å²) in [5.41, 5.74) is 0. The number of carbonyl (C=O) groups is 1. The standard InChI is InChI=1S/C7H15N2O2/c1-9(2)6-7(11)8-4-3-5-10/h3-6H2,1-2H3,(H,8,11). The summed E-state index contributed by atoms with van der Waals surface area (Å²) in [5, 5.41) is 12.6. The van der Waals surface area contributed by atoms with Crippen LogP contribution in [-0.2, 0) is 9.90 Å². The average Bonchev–Trinajstić information content (AvgIpc) is 1.86. The van der Waals surface area contributed by atoms with E-state index >= 15 is 0 Å². The number of hydrogen-bond donors (Lipinski definition) is 1. The molecule has 0 spiro atoms. The van der Waals surface area contributed by atoms with Crippen molar-refractivity contribution in [3.8, 4) is 0 Å². The van der Waals surface area contributed by atoms with Crippen molar-refractivity contribution < 1.29 is 9.90 Å². The summed E-state index contributed by atoms with van der Waals surface area (Å²) < 4.78 is 0. The molecule has 1 amide bonds. The van der Waals surface area contributed by atoms with Crippen LogP contribution in [0.2, 0.25) is 0 Å². The third kappa shape index (κ3) is 7.29. The van der Waals surface area contributed by atoms with Crippen LogP contribution in [0.4, 0.5) is 0 Å². The monoisotopic (exact) mass is 159 g/mol. The summed E-state index contributed by atoms with van der Waals surface area (Å²) in [6.07, 6.45) is 0.513. The largest absolute Gasteiger partial charge is 0.355 e. The van der Waals surface area contributed by atoms with Crippen LogP contribution in [-0.4, -0.2) is 44.6 Å². The van der Waals surface area contributed by atoms with E-state index in [1.807, 2.05) is 14.1 Å². The highest BCUT2D eigenvalue weighted by Gasteiger charge is 2.00. The van der Waals surface area contributed by atoms with E-state index in [-0.39, 0.29) is 12.5 Å². The molecule has 0 heterocycles. The number of hydrogen-bond acceptors (Lipinski definition) is 2. The second-order valence-corrected chi connectivity index (χ2v) is 2.65. The molecule has 0 rings (SSSR count). The third-order valence-corrected chi connectivity index (χ3v) is 1.10. The molecular weight excluding hydrogens is 144 g/mol. The van der Waals surface area contributed by atoms with E-state index in [9.17, 15) is 9.90 Å². The molecule has 0 aliphatic rings. The Morgan fingerprint density at radius 1 is 1.45 bits per heavy atom. The van der Waals surface area contributed by atoms with Gasteiger partial charge in [0.1, 0.15) is 0 Å². The zero-order valence-electron chi connectivity index (χ0n) is 7.09. The summed E-state index contributed by atoms with van der Waals surface area (Å²) in [7, 11) is 3.65. The number of rotatable bonds is 5. The van der Waals surface area contributed by atoms with Crippen LogP contribution in [0.25, 0.3) is 0 Å². The maximum Gasteiger partial charge on any atom is 0.234 e. The first-order valence-electron chi connectivity index (χ1n) is 3.66. The first kappa shape index (κ1) is 10.4. The van der Waals surface area contributed by atoms with Crippen LogP contribution in [0, 0.1) is 0 Å². The molecule has 0 aliphatic heterocycles. The van der Waals surface area contributed by atoms with Gasteiger partial charge >= 0.3 is 0 Å². The third-order valence-electron chi connectivity index (χ3n) is 1.10. The van der Waals surface area contributed by atoms with Crippen molar-refractivity contribution in [3.05, 3.63) is 0 Å². The molecule has 4 nitrogen and oxygen atoms in total. The molecule has 0 saturated heterocycles. The molecule has 4 heteroatoms. The lowest BCUT2D eigenvalue weighted by molar-refractivity contribution is -0.121. The Labute approximate surface area is 67.2 Å². The molecule has 11 heavy (non-hydrogen) atoms. The molecule has 1 N–H and O–H groups in total. The number of carbonyl (C=O) groups excluding carboxylic acids is 1. The summed E-state index contributed by atoms with van der Waals surface area (Å²) in [4.78, 5) is 12.7. The Hall–Kier alpha value is -0.610. The maximum absolute atomic E-state index is 10.9. The van der Waals surface area contributed by atoms with E-state index in [2.05, 4.69) is 5.32 Å². The normalized spacial score (nSPS) is 10.2. The van der Waals surface area contributed by atoms with Gasteiger partial charge in [0.2, 0.25) is 5.91 Å². The fraction of sp³-hybridized carbons (Fsp3) is 0.857. The molecule has 0 aromatic heterocycles. The lowest BCUT2D eigenvalue weighted by Gasteiger charge is -2.08. The number of likely N-dealkylation sites (N-methyl/N-ethyl adjacent to an activating group) is 1. The van der Waals surface area contributed by atoms with Gasteiger partial charge in [-0.3, -0.25) is 4.79 Å². The van der Waals surface area contributed by atoms with E-state index in [0.717, 1.165) is 0 Å². The first-order chi connectivity index (χ1) is 5.16. The van der Waals surface area contributed by atoms with Crippen molar-refractivity contribution in [2.75, 3.05) is 33.8 Å². The predicted molar refractivity (Wildman–Crippen MR) is 41.7 cm³/mol. The molecule has 0 fully saturated rings.